The van der Waals surface area contributed by atoms with Gasteiger partial charge >= 0.3 is 0 Å². The summed E-state index contributed by atoms with van der Waals surface area (Å²) in [5.74, 6) is 0. The van der Waals surface area contributed by atoms with Crippen molar-refractivity contribution in [2.45, 2.75) is 19.4 Å². The molecular weight excluding hydrogens is 218 g/mol. The molecule has 1 aliphatic heterocycles. The van der Waals surface area contributed by atoms with Crippen LogP contribution in [-0.4, -0.2) is 18.0 Å². The number of nitrogens with zero attached hydrogens (tertiary/aromatic N) is 1. The molecule has 1 aliphatic rings. The quantitative estimate of drug-likeness (QED) is 0.791. The van der Waals surface area contributed by atoms with Gasteiger partial charge in [0.2, 0.25) is 0 Å². The largest absolute Gasteiger partial charge is 0.298 e. The van der Waals surface area contributed by atoms with Gasteiger partial charge in [0.25, 0.3) is 0 Å². The van der Waals surface area contributed by atoms with Crippen molar-refractivity contribution < 1.29 is 0 Å². The van der Waals surface area contributed by atoms with Gasteiger partial charge in [-0.3, -0.25) is 4.90 Å². The van der Waals surface area contributed by atoms with Crippen molar-refractivity contribution in [3.05, 3.63) is 71.3 Å². The number of hydrogen-bond donors (Lipinski definition) is 0. The Bertz CT molecular complexity index is 504. The molecule has 1 heteroatoms. The number of rotatable bonds is 3. The number of hydrogen-bond acceptors (Lipinski definition) is 1. The van der Waals surface area contributed by atoms with Gasteiger partial charge in [0.15, 0.2) is 0 Å². The molecule has 0 spiro atoms. The highest BCUT2D eigenvalue weighted by Gasteiger charge is 2.14. The van der Waals surface area contributed by atoms with Crippen molar-refractivity contribution in [2.75, 3.05) is 13.1 Å². The Morgan fingerprint density at radius 1 is 1.06 bits per heavy atom. The molecule has 0 N–H and O–H groups in total. The zero-order valence-corrected chi connectivity index (χ0v) is 10.6. The van der Waals surface area contributed by atoms with Crippen LogP contribution in [-0.2, 0) is 19.4 Å². The standard InChI is InChI=1S/C17H18N/c1-2-6-15(7-3-1)10-12-18-13-11-16-8-4-5-9-17(16)14-18/h1-4,6-9H,10-14H2. The molecule has 0 fully saturated rings. The lowest BCUT2D eigenvalue weighted by Gasteiger charge is -2.28. The van der Waals surface area contributed by atoms with E-state index in [0.717, 1.165) is 19.5 Å². The van der Waals surface area contributed by atoms with Crippen LogP contribution in [0.3, 0.4) is 0 Å². The average Bonchev–Trinajstić information content (AvgIpc) is 2.46. The molecule has 0 bridgehead atoms. The summed E-state index contributed by atoms with van der Waals surface area (Å²) in [5.41, 5.74) is 4.39. The Hall–Kier alpha value is -1.60. The lowest BCUT2D eigenvalue weighted by Crippen LogP contribution is -2.32. The van der Waals surface area contributed by atoms with E-state index in [4.69, 9.17) is 0 Å². The van der Waals surface area contributed by atoms with Crippen LogP contribution in [0.2, 0.25) is 0 Å². The lowest BCUT2D eigenvalue weighted by molar-refractivity contribution is 0.257. The number of benzene rings is 2. The van der Waals surface area contributed by atoms with Gasteiger partial charge in [0.05, 0.1) is 0 Å². The third kappa shape index (κ3) is 2.62. The second kappa shape index (κ2) is 5.36. The summed E-state index contributed by atoms with van der Waals surface area (Å²) in [7, 11) is 0. The van der Waals surface area contributed by atoms with Gasteiger partial charge in [0.1, 0.15) is 0 Å². The summed E-state index contributed by atoms with van der Waals surface area (Å²) in [6.45, 7) is 3.42. The normalized spacial score (nSPS) is 15.3. The fourth-order valence-electron chi connectivity index (χ4n) is 2.61. The molecule has 2 aromatic carbocycles. The molecule has 0 aliphatic carbocycles. The summed E-state index contributed by atoms with van der Waals surface area (Å²) in [5, 5.41) is 0. The van der Waals surface area contributed by atoms with Crippen LogP contribution >= 0.6 is 0 Å². The molecule has 0 saturated carbocycles. The van der Waals surface area contributed by atoms with Gasteiger partial charge in [-0.05, 0) is 41.7 Å². The van der Waals surface area contributed by atoms with Gasteiger partial charge in [-0.1, -0.05) is 42.5 Å². The zero-order chi connectivity index (χ0) is 12.2. The Labute approximate surface area is 109 Å². The van der Waals surface area contributed by atoms with Crippen molar-refractivity contribution in [1.82, 2.24) is 4.90 Å². The van der Waals surface area contributed by atoms with E-state index in [0.29, 0.717) is 0 Å². The Balaban J connectivity index is 1.60. The Morgan fingerprint density at radius 2 is 1.94 bits per heavy atom. The fraction of sp³-hybridized carbons (Fsp3) is 0.294. The molecule has 1 radical (unpaired) electrons. The van der Waals surface area contributed by atoms with Crippen molar-refractivity contribution >= 4 is 0 Å². The Kier molecular flexibility index (Phi) is 3.42. The molecule has 3 rings (SSSR count). The van der Waals surface area contributed by atoms with E-state index in [1.54, 1.807) is 0 Å². The SMILES string of the molecule is [c]1ccc2c(c1)CN(CCc1ccccc1)CC2. The topological polar surface area (TPSA) is 3.24 Å². The van der Waals surface area contributed by atoms with Crippen LogP contribution in [0.1, 0.15) is 16.7 Å². The van der Waals surface area contributed by atoms with Crippen molar-refractivity contribution in [3.63, 3.8) is 0 Å². The average molecular weight is 236 g/mol. The second-order valence-electron chi connectivity index (χ2n) is 4.96. The van der Waals surface area contributed by atoms with Gasteiger partial charge in [-0.2, -0.15) is 0 Å². The summed E-state index contributed by atoms with van der Waals surface area (Å²) < 4.78 is 0. The van der Waals surface area contributed by atoms with Crippen LogP contribution in [0, 0.1) is 6.07 Å². The highest BCUT2D eigenvalue weighted by atomic mass is 15.1. The predicted molar refractivity (Wildman–Crippen MR) is 74.4 cm³/mol. The summed E-state index contributed by atoms with van der Waals surface area (Å²) >= 11 is 0. The monoisotopic (exact) mass is 236 g/mol. The molecule has 1 heterocycles. The molecule has 1 nitrogen and oxygen atoms in total. The molecule has 18 heavy (non-hydrogen) atoms. The highest BCUT2D eigenvalue weighted by molar-refractivity contribution is 5.28. The van der Waals surface area contributed by atoms with E-state index in [9.17, 15) is 0 Å². The molecule has 91 valence electrons. The van der Waals surface area contributed by atoms with E-state index in [-0.39, 0.29) is 0 Å². The Morgan fingerprint density at radius 3 is 2.83 bits per heavy atom. The first-order valence-corrected chi connectivity index (χ1v) is 6.66. The van der Waals surface area contributed by atoms with Crippen molar-refractivity contribution in [3.8, 4) is 0 Å². The van der Waals surface area contributed by atoms with Crippen LogP contribution in [0.4, 0.5) is 0 Å². The van der Waals surface area contributed by atoms with E-state index in [1.165, 1.54) is 29.7 Å². The van der Waals surface area contributed by atoms with Crippen LogP contribution < -0.4 is 0 Å². The minimum atomic E-state index is 1.08. The van der Waals surface area contributed by atoms with Gasteiger partial charge in [-0.25, -0.2) is 0 Å². The van der Waals surface area contributed by atoms with Gasteiger partial charge < -0.3 is 0 Å². The lowest BCUT2D eigenvalue weighted by atomic mass is 9.99. The molecule has 0 amide bonds. The van der Waals surface area contributed by atoms with Crippen molar-refractivity contribution in [2.24, 2.45) is 0 Å². The molecule has 2 aromatic rings. The van der Waals surface area contributed by atoms with Gasteiger partial charge in [0, 0.05) is 19.6 Å². The minimum absolute atomic E-state index is 1.08. The van der Waals surface area contributed by atoms with E-state index >= 15 is 0 Å². The second-order valence-corrected chi connectivity index (χ2v) is 4.96. The fourth-order valence-corrected chi connectivity index (χ4v) is 2.61. The van der Waals surface area contributed by atoms with E-state index in [1.807, 2.05) is 6.07 Å². The van der Waals surface area contributed by atoms with Crippen LogP contribution in [0.25, 0.3) is 0 Å². The van der Waals surface area contributed by atoms with Gasteiger partial charge in [-0.15, -0.1) is 0 Å². The summed E-state index contributed by atoms with van der Waals surface area (Å²) in [6, 6.07) is 20.3. The van der Waals surface area contributed by atoms with Crippen LogP contribution in [0.5, 0.6) is 0 Å². The van der Waals surface area contributed by atoms with Crippen LogP contribution in [0.15, 0.2) is 48.5 Å². The maximum atomic E-state index is 3.19. The summed E-state index contributed by atoms with van der Waals surface area (Å²) in [4.78, 5) is 2.54. The molecular formula is C17H18N. The predicted octanol–water partition coefficient (Wildman–Crippen LogP) is 3.09. The molecule has 0 aromatic heterocycles. The highest BCUT2D eigenvalue weighted by Crippen LogP contribution is 2.18. The first kappa shape index (κ1) is 11.5. The zero-order valence-electron chi connectivity index (χ0n) is 10.6. The van der Waals surface area contributed by atoms with E-state index < -0.39 is 0 Å². The maximum absolute atomic E-state index is 3.19. The maximum Gasteiger partial charge on any atom is 0.0236 e. The number of fused-ring (bicyclic) bond motifs is 1. The summed E-state index contributed by atoms with van der Waals surface area (Å²) in [6.07, 6.45) is 2.32. The van der Waals surface area contributed by atoms with E-state index in [2.05, 4.69) is 53.4 Å². The molecule has 0 atom stereocenters. The smallest absolute Gasteiger partial charge is 0.0236 e. The molecule has 0 saturated heterocycles. The third-order valence-electron chi connectivity index (χ3n) is 3.70. The minimum Gasteiger partial charge on any atom is -0.298 e. The first-order valence-electron chi connectivity index (χ1n) is 6.66. The molecule has 0 unspecified atom stereocenters. The first-order chi connectivity index (χ1) is 8.92. The van der Waals surface area contributed by atoms with Crippen molar-refractivity contribution in [1.29, 1.82) is 0 Å². The third-order valence-corrected chi connectivity index (χ3v) is 3.70.